The average Bonchev–Trinajstić information content (AvgIpc) is 2.77. The Bertz CT molecular complexity index is 469. The summed E-state index contributed by atoms with van der Waals surface area (Å²) >= 11 is 0. The quantitative estimate of drug-likeness (QED) is 0.811. The largest absolute Gasteiger partial charge is 0.379 e. The minimum Gasteiger partial charge on any atom is -0.379 e. The van der Waals surface area contributed by atoms with E-state index in [-0.39, 0.29) is 29.5 Å². The summed E-state index contributed by atoms with van der Waals surface area (Å²) in [5, 5.41) is 2.96. The van der Waals surface area contributed by atoms with E-state index in [9.17, 15) is 13.2 Å². The molecule has 0 aromatic carbocycles. The molecule has 1 amide bonds. The summed E-state index contributed by atoms with van der Waals surface area (Å²) in [7, 11) is -3.34. The van der Waals surface area contributed by atoms with Crippen molar-refractivity contribution >= 4 is 15.9 Å². The minimum atomic E-state index is -3.34. The fraction of sp³-hybridized carbons (Fsp3) is 0.929. The summed E-state index contributed by atoms with van der Waals surface area (Å²) in [5.74, 6) is -0.274. The molecule has 1 saturated heterocycles. The topological polar surface area (TPSA) is 75.7 Å². The molecule has 1 heterocycles. The van der Waals surface area contributed by atoms with Crippen LogP contribution in [0, 0.1) is 5.41 Å². The van der Waals surface area contributed by atoms with Crippen LogP contribution in [0.3, 0.4) is 0 Å². The standard InChI is InChI=1S/C14H26N2O4S/c1-14(2)5-3-12(11-14)15-13(17)4-10-21(18,19)16-6-8-20-9-7-16/h12H,3-11H2,1-2H3,(H,15,17). The summed E-state index contributed by atoms with van der Waals surface area (Å²) in [6.07, 6.45) is 3.09. The Hall–Kier alpha value is -0.660. The van der Waals surface area contributed by atoms with Crippen LogP contribution < -0.4 is 5.32 Å². The van der Waals surface area contributed by atoms with Gasteiger partial charge in [0.05, 0.1) is 19.0 Å². The normalized spacial score (nSPS) is 26.7. The lowest BCUT2D eigenvalue weighted by atomic mass is 9.92. The van der Waals surface area contributed by atoms with E-state index < -0.39 is 10.0 Å². The predicted octanol–water partition coefficient (Wildman–Crippen LogP) is 0.733. The van der Waals surface area contributed by atoms with Gasteiger partial charge in [0.15, 0.2) is 0 Å². The van der Waals surface area contributed by atoms with Crippen LogP contribution in [0.15, 0.2) is 0 Å². The second kappa shape index (κ2) is 6.62. The van der Waals surface area contributed by atoms with Gasteiger partial charge >= 0.3 is 0 Å². The van der Waals surface area contributed by atoms with Gasteiger partial charge in [0, 0.05) is 25.6 Å². The zero-order chi connectivity index (χ0) is 15.5. The zero-order valence-electron chi connectivity index (χ0n) is 12.9. The Morgan fingerprint density at radius 3 is 2.57 bits per heavy atom. The van der Waals surface area contributed by atoms with Crippen molar-refractivity contribution in [1.29, 1.82) is 0 Å². The minimum absolute atomic E-state index is 0.0383. The number of ether oxygens (including phenoxy) is 1. The molecule has 1 aliphatic heterocycles. The third kappa shape index (κ3) is 4.93. The van der Waals surface area contributed by atoms with Crippen LogP contribution in [-0.4, -0.2) is 56.7 Å². The number of morpholine rings is 1. The molecule has 1 N–H and O–H groups in total. The van der Waals surface area contributed by atoms with Gasteiger partial charge in [-0.2, -0.15) is 4.31 Å². The highest BCUT2D eigenvalue weighted by molar-refractivity contribution is 7.89. The number of nitrogens with one attached hydrogen (secondary N) is 1. The number of hydrogen-bond donors (Lipinski definition) is 1. The fourth-order valence-electron chi connectivity index (χ4n) is 3.03. The molecule has 0 spiro atoms. The first kappa shape index (κ1) is 16.7. The van der Waals surface area contributed by atoms with Gasteiger partial charge in [0.2, 0.25) is 15.9 Å². The van der Waals surface area contributed by atoms with Crippen molar-refractivity contribution in [2.75, 3.05) is 32.1 Å². The van der Waals surface area contributed by atoms with Crippen LogP contribution >= 0.6 is 0 Å². The third-order valence-corrected chi connectivity index (χ3v) is 6.16. The van der Waals surface area contributed by atoms with E-state index in [1.807, 2.05) is 0 Å². The highest BCUT2D eigenvalue weighted by Crippen LogP contribution is 2.36. The average molecular weight is 318 g/mol. The molecular formula is C14H26N2O4S. The van der Waals surface area contributed by atoms with E-state index in [2.05, 4.69) is 19.2 Å². The van der Waals surface area contributed by atoms with Crippen molar-refractivity contribution in [3.63, 3.8) is 0 Å². The van der Waals surface area contributed by atoms with Crippen molar-refractivity contribution in [3.05, 3.63) is 0 Å². The molecule has 0 radical (unpaired) electrons. The molecule has 122 valence electrons. The van der Waals surface area contributed by atoms with E-state index in [0.717, 1.165) is 19.3 Å². The van der Waals surface area contributed by atoms with E-state index in [1.165, 1.54) is 4.31 Å². The maximum Gasteiger partial charge on any atom is 0.221 e. The number of hydrogen-bond acceptors (Lipinski definition) is 4. The van der Waals surface area contributed by atoms with Crippen LogP contribution in [0.5, 0.6) is 0 Å². The molecule has 0 aromatic rings. The molecule has 2 aliphatic rings. The smallest absolute Gasteiger partial charge is 0.221 e. The molecule has 0 bridgehead atoms. The third-order valence-electron chi connectivity index (χ3n) is 4.28. The molecule has 2 fully saturated rings. The number of carbonyl (C=O) groups is 1. The highest BCUT2D eigenvalue weighted by atomic mass is 32.2. The Morgan fingerprint density at radius 1 is 1.33 bits per heavy atom. The summed E-state index contributed by atoms with van der Waals surface area (Å²) in [6.45, 7) is 6.04. The molecule has 1 atom stereocenters. The first-order valence-corrected chi connectivity index (χ1v) is 9.24. The lowest BCUT2D eigenvalue weighted by molar-refractivity contribution is -0.121. The van der Waals surface area contributed by atoms with Gasteiger partial charge in [-0.15, -0.1) is 0 Å². The lowest BCUT2D eigenvalue weighted by Gasteiger charge is -2.26. The van der Waals surface area contributed by atoms with Crippen LogP contribution in [-0.2, 0) is 19.6 Å². The summed E-state index contributed by atoms with van der Waals surface area (Å²) in [6, 6.07) is 0.193. The zero-order valence-corrected chi connectivity index (χ0v) is 13.7. The monoisotopic (exact) mass is 318 g/mol. The molecule has 7 heteroatoms. The summed E-state index contributed by atoms with van der Waals surface area (Å²) in [4.78, 5) is 11.9. The highest BCUT2D eigenvalue weighted by Gasteiger charge is 2.32. The number of sulfonamides is 1. The van der Waals surface area contributed by atoms with Gasteiger partial charge in [-0.3, -0.25) is 4.79 Å². The Balaban J connectivity index is 1.75. The number of nitrogens with zero attached hydrogens (tertiary/aromatic N) is 1. The summed E-state index contributed by atoms with van der Waals surface area (Å²) < 4.78 is 30.8. The second-order valence-electron chi connectivity index (χ2n) is 6.75. The van der Waals surface area contributed by atoms with E-state index in [4.69, 9.17) is 4.74 Å². The number of carbonyl (C=O) groups excluding carboxylic acids is 1. The Kier molecular flexibility index (Phi) is 5.27. The summed E-state index contributed by atoms with van der Waals surface area (Å²) in [5.41, 5.74) is 0.276. The van der Waals surface area contributed by atoms with Gasteiger partial charge in [0.1, 0.15) is 0 Å². The van der Waals surface area contributed by atoms with Crippen molar-refractivity contribution in [1.82, 2.24) is 9.62 Å². The van der Waals surface area contributed by atoms with E-state index in [1.54, 1.807) is 0 Å². The predicted molar refractivity (Wildman–Crippen MR) is 80.4 cm³/mol. The molecule has 2 rings (SSSR count). The van der Waals surface area contributed by atoms with Gasteiger partial charge in [0.25, 0.3) is 0 Å². The maximum absolute atomic E-state index is 12.1. The van der Waals surface area contributed by atoms with Crippen molar-refractivity contribution < 1.29 is 17.9 Å². The van der Waals surface area contributed by atoms with Crippen LogP contribution in [0.2, 0.25) is 0 Å². The van der Waals surface area contributed by atoms with Crippen LogP contribution in [0.1, 0.15) is 39.5 Å². The van der Waals surface area contributed by atoms with Crippen LogP contribution in [0.25, 0.3) is 0 Å². The number of amides is 1. The van der Waals surface area contributed by atoms with Gasteiger partial charge in [-0.25, -0.2) is 8.42 Å². The second-order valence-corrected chi connectivity index (χ2v) is 8.84. The van der Waals surface area contributed by atoms with Gasteiger partial charge < -0.3 is 10.1 Å². The Morgan fingerprint density at radius 2 is 2.00 bits per heavy atom. The molecule has 6 nitrogen and oxygen atoms in total. The van der Waals surface area contributed by atoms with Crippen molar-refractivity contribution in [2.45, 2.75) is 45.6 Å². The molecule has 21 heavy (non-hydrogen) atoms. The number of rotatable bonds is 5. The van der Waals surface area contributed by atoms with Gasteiger partial charge in [-0.1, -0.05) is 13.8 Å². The molecular weight excluding hydrogens is 292 g/mol. The van der Waals surface area contributed by atoms with Crippen molar-refractivity contribution in [2.24, 2.45) is 5.41 Å². The fourth-order valence-corrected chi connectivity index (χ4v) is 4.44. The van der Waals surface area contributed by atoms with Crippen molar-refractivity contribution in [3.8, 4) is 0 Å². The molecule has 1 unspecified atom stereocenters. The van der Waals surface area contributed by atoms with E-state index in [0.29, 0.717) is 26.3 Å². The first-order valence-electron chi connectivity index (χ1n) is 7.63. The SMILES string of the molecule is CC1(C)CCC(NC(=O)CCS(=O)(=O)N2CCOCC2)C1. The maximum atomic E-state index is 12.1. The van der Waals surface area contributed by atoms with E-state index >= 15 is 0 Å². The lowest BCUT2D eigenvalue weighted by Crippen LogP contribution is -2.43. The molecule has 1 saturated carbocycles. The van der Waals surface area contributed by atoms with Crippen LogP contribution in [0.4, 0.5) is 0 Å². The molecule has 1 aliphatic carbocycles. The molecule has 0 aromatic heterocycles. The Labute approximate surface area is 127 Å². The van der Waals surface area contributed by atoms with Gasteiger partial charge in [-0.05, 0) is 24.7 Å². The first-order chi connectivity index (χ1) is 9.78.